The Balaban J connectivity index is 4.00. The predicted molar refractivity (Wildman–Crippen MR) is 37.4 cm³/mol. The summed E-state index contributed by atoms with van der Waals surface area (Å²) in [6.45, 7) is 8.30. The normalized spacial score (nSPS) is 14.1. The standard InChI is InChI=1S/C7H15N/c1-5(2)6(3)7(4)8/h5H,8H2,1-4H3/b7-6-. The molecule has 0 radical (unpaired) electrons. The molecule has 48 valence electrons. The first-order valence-electron chi connectivity index (χ1n) is 2.98. The van der Waals surface area contributed by atoms with Crippen LogP contribution in [0.1, 0.15) is 27.7 Å². The lowest BCUT2D eigenvalue weighted by molar-refractivity contribution is 0.754. The fourth-order valence-electron chi connectivity index (χ4n) is 0.455. The van der Waals surface area contributed by atoms with Crippen molar-refractivity contribution in [2.45, 2.75) is 27.7 Å². The van der Waals surface area contributed by atoms with Crippen LogP contribution in [0.15, 0.2) is 11.3 Å². The minimum atomic E-state index is 0.597. The predicted octanol–water partition coefficient (Wildman–Crippen LogP) is 1.90. The summed E-state index contributed by atoms with van der Waals surface area (Å²) in [4.78, 5) is 0. The number of hydrogen-bond donors (Lipinski definition) is 1. The SMILES string of the molecule is C/C(N)=C(\C)C(C)C. The van der Waals surface area contributed by atoms with E-state index in [2.05, 4.69) is 20.8 Å². The molecule has 0 unspecified atom stereocenters. The lowest BCUT2D eigenvalue weighted by atomic mass is 10.0. The molecule has 0 bridgehead atoms. The van der Waals surface area contributed by atoms with Crippen molar-refractivity contribution in [2.24, 2.45) is 11.7 Å². The molecular weight excluding hydrogens is 98.1 g/mol. The molecule has 0 atom stereocenters. The van der Waals surface area contributed by atoms with Crippen LogP contribution in [0, 0.1) is 5.92 Å². The summed E-state index contributed by atoms with van der Waals surface area (Å²) >= 11 is 0. The van der Waals surface area contributed by atoms with Gasteiger partial charge in [-0.3, -0.25) is 0 Å². The van der Waals surface area contributed by atoms with Crippen LogP contribution in [0.25, 0.3) is 0 Å². The van der Waals surface area contributed by atoms with Gasteiger partial charge in [0.1, 0.15) is 0 Å². The molecule has 0 spiro atoms. The second-order valence-corrected chi connectivity index (χ2v) is 2.52. The number of nitrogens with two attached hydrogens (primary N) is 1. The maximum atomic E-state index is 5.52. The molecule has 0 aliphatic heterocycles. The van der Waals surface area contributed by atoms with E-state index in [0.29, 0.717) is 5.92 Å². The van der Waals surface area contributed by atoms with E-state index in [1.807, 2.05) is 6.92 Å². The van der Waals surface area contributed by atoms with Gasteiger partial charge in [-0.05, 0) is 19.8 Å². The lowest BCUT2D eigenvalue weighted by Gasteiger charge is -2.05. The minimum Gasteiger partial charge on any atom is -0.402 e. The van der Waals surface area contributed by atoms with Gasteiger partial charge in [-0.2, -0.15) is 0 Å². The Morgan fingerprint density at radius 2 is 1.62 bits per heavy atom. The second kappa shape index (κ2) is 2.75. The summed E-state index contributed by atoms with van der Waals surface area (Å²) in [7, 11) is 0. The molecule has 0 aliphatic rings. The molecule has 0 heterocycles. The van der Waals surface area contributed by atoms with Crippen molar-refractivity contribution in [1.29, 1.82) is 0 Å². The fourth-order valence-corrected chi connectivity index (χ4v) is 0.455. The monoisotopic (exact) mass is 113 g/mol. The van der Waals surface area contributed by atoms with Crippen LogP contribution in [0.4, 0.5) is 0 Å². The molecule has 1 nitrogen and oxygen atoms in total. The Bertz CT molecular complexity index is 97.0. The van der Waals surface area contributed by atoms with Gasteiger partial charge in [-0.1, -0.05) is 19.4 Å². The van der Waals surface area contributed by atoms with Gasteiger partial charge < -0.3 is 5.73 Å². The third-order valence-electron chi connectivity index (χ3n) is 1.49. The summed E-state index contributed by atoms with van der Waals surface area (Å²) in [5, 5.41) is 0. The minimum absolute atomic E-state index is 0.597. The van der Waals surface area contributed by atoms with E-state index in [-0.39, 0.29) is 0 Å². The zero-order chi connectivity index (χ0) is 6.73. The molecule has 0 saturated carbocycles. The smallest absolute Gasteiger partial charge is 0.00405 e. The first-order chi connectivity index (χ1) is 3.55. The van der Waals surface area contributed by atoms with Gasteiger partial charge in [-0.15, -0.1) is 0 Å². The average Bonchev–Trinajstić information content (AvgIpc) is 1.64. The maximum absolute atomic E-state index is 5.52. The number of hydrogen-bond acceptors (Lipinski definition) is 1. The van der Waals surface area contributed by atoms with E-state index in [0.717, 1.165) is 5.70 Å². The molecule has 0 aromatic heterocycles. The van der Waals surface area contributed by atoms with Crippen molar-refractivity contribution in [3.05, 3.63) is 11.3 Å². The highest BCUT2D eigenvalue weighted by molar-refractivity contribution is 5.07. The van der Waals surface area contributed by atoms with Crippen molar-refractivity contribution in [3.63, 3.8) is 0 Å². The summed E-state index contributed by atoms with van der Waals surface area (Å²) in [6, 6.07) is 0. The first-order valence-corrected chi connectivity index (χ1v) is 2.98. The van der Waals surface area contributed by atoms with Crippen molar-refractivity contribution in [3.8, 4) is 0 Å². The molecule has 8 heavy (non-hydrogen) atoms. The molecule has 0 aromatic carbocycles. The summed E-state index contributed by atoms with van der Waals surface area (Å²) < 4.78 is 0. The number of allylic oxidation sites excluding steroid dienone is 2. The van der Waals surface area contributed by atoms with Gasteiger partial charge in [0.25, 0.3) is 0 Å². The molecule has 2 N–H and O–H groups in total. The van der Waals surface area contributed by atoms with Gasteiger partial charge in [-0.25, -0.2) is 0 Å². The summed E-state index contributed by atoms with van der Waals surface area (Å²) in [6.07, 6.45) is 0. The third-order valence-corrected chi connectivity index (χ3v) is 1.49. The molecule has 0 amide bonds. The lowest BCUT2D eigenvalue weighted by Crippen LogP contribution is -2.00. The van der Waals surface area contributed by atoms with Crippen LogP contribution in [0.5, 0.6) is 0 Å². The Labute approximate surface area is 51.6 Å². The van der Waals surface area contributed by atoms with E-state index >= 15 is 0 Å². The third kappa shape index (κ3) is 2.01. The van der Waals surface area contributed by atoms with Crippen molar-refractivity contribution in [1.82, 2.24) is 0 Å². The Morgan fingerprint density at radius 3 is 1.62 bits per heavy atom. The van der Waals surface area contributed by atoms with Crippen molar-refractivity contribution >= 4 is 0 Å². The molecule has 0 aromatic rings. The van der Waals surface area contributed by atoms with Gasteiger partial charge >= 0.3 is 0 Å². The molecule has 0 saturated heterocycles. The van der Waals surface area contributed by atoms with Crippen molar-refractivity contribution in [2.75, 3.05) is 0 Å². The highest BCUT2D eigenvalue weighted by atomic mass is 14.6. The summed E-state index contributed by atoms with van der Waals surface area (Å²) in [5.74, 6) is 0.597. The largest absolute Gasteiger partial charge is 0.402 e. The average molecular weight is 113 g/mol. The number of rotatable bonds is 1. The van der Waals surface area contributed by atoms with Crippen molar-refractivity contribution < 1.29 is 0 Å². The van der Waals surface area contributed by atoms with E-state index < -0.39 is 0 Å². The van der Waals surface area contributed by atoms with E-state index in [1.54, 1.807) is 0 Å². The molecular formula is C7H15N. The van der Waals surface area contributed by atoms with Gasteiger partial charge in [0.15, 0.2) is 0 Å². The fraction of sp³-hybridized carbons (Fsp3) is 0.714. The zero-order valence-corrected chi connectivity index (χ0v) is 6.15. The van der Waals surface area contributed by atoms with Gasteiger partial charge in [0.05, 0.1) is 0 Å². The topological polar surface area (TPSA) is 26.0 Å². The van der Waals surface area contributed by atoms with E-state index in [9.17, 15) is 0 Å². The van der Waals surface area contributed by atoms with Crippen LogP contribution in [-0.4, -0.2) is 0 Å². The second-order valence-electron chi connectivity index (χ2n) is 2.52. The highest BCUT2D eigenvalue weighted by Gasteiger charge is 1.96. The molecule has 0 fully saturated rings. The molecule has 0 rings (SSSR count). The zero-order valence-electron chi connectivity index (χ0n) is 6.15. The quantitative estimate of drug-likeness (QED) is 0.552. The van der Waals surface area contributed by atoms with Crippen LogP contribution < -0.4 is 5.73 Å². The first kappa shape index (κ1) is 7.54. The molecule has 1 heteroatoms. The van der Waals surface area contributed by atoms with Crippen LogP contribution >= 0.6 is 0 Å². The van der Waals surface area contributed by atoms with Crippen LogP contribution in [-0.2, 0) is 0 Å². The molecule has 0 aliphatic carbocycles. The summed E-state index contributed by atoms with van der Waals surface area (Å²) in [5.41, 5.74) is 7.77. The Morgan fingerprint density at radius 1 is 1.25 bits per heavy atom. The maximum Gasteiger partial charge on any atom is 0.00405 e. The highest BCUT2D eigenvalue weighted by Crippen LogP contribution is 2.09. The van der Waals surface area contributed by atoms with E-state index in [4.69, 9.17) is 5.73 Å². The van der Waals surface area contributed by atoms with Gasteiger partial charge in [0, 0.05) is 5.70 Å². The van der Waals surface area contributed by atoms with Crippen LogP contribution in [0.3, 0.4) is 0 Å². The Kier molecular flexibility index (Phi) is 2.59. The van der Waals surface area contributed by atoms with Crippen LogP contribution in [0.2, 0.25) is 0 Å². The van der Waals surface area contributed by atoms with E-state index in [1.165, 1.54) is 5.57 Å². The Hall–Kier alpha value is -0.460. The van der Waals surface area contributed by atoms with Gasteiger partial charge in [0.2, 0.25) is 0 Å².